The van der Waals surface area contributed by atoms with Gasteiger partial charge in [0.15, 0.2) is 17.2 Å². The smallest absolute Gasteiger partial charge is 0.339 e. The number of aromatic hydroxyl groups is 3. The second kappa shape index (κ2) is 6.17. The molecule has 0 spiro atoms. The van der Waals surface area contributed by atoms with Crippen LogP contribution in [0.3, 0.4) is 0 Å². The zero-order chi connectivity index (χ0) is 15.4. The summed E-state index contributed by atoms with van der Waals surface area (Å²) in [5, 5.41) is 28.1. The van der Waals surface area contributed by atoms with Gasteiger partial charge in [0, 0.05) is 0 Å². The van der Waals surface area contributed by atoms with Crippen molar-refractivity contribution in [2.75, 3.05) is 0 Å². The SMILES string of the molecule is CCC(OC(=O)c1cc(O)c(O)c(O)c1)c1ccccc1. The quantitative estimate of drug-likeness (QED) is 0.594. The molecule has 2 aromatic rings. The maximum atomic E-state index is 12.1. The molecule has 0 aliphatic carbocycles. The first kappa shape index (κ1) is 14.7. The molecule has 21 heavy (non-hydrogen) atoms. The molecule has 0 aliphatic heterocycles. The van der Waals surface area contributed by atoms with Crippen LogP contribution in [0, 0.1) is 0 Å². The lowest BCUT2D eigenvalue weighted by Gasteiger charge is -2.17. The Bertz CT molecular complexity index is 613. The molecule has 1 unspecified atom stereocenters. The van der Waals surface area contributed by atoms with Gasteiger partial charge in [-0.2, -0.15) is 0 Å². The van der Waals surface area contributed by atoms with Gasteiger partial charge in [0.25, 0.3) is 0 Å². The van der Waals surface area contributed by atoms with Crippen LogP contribution in [0.25, 0.3) is 0 Å². The van der Waals surface area contributed by atoms with Gasteiger partial charge in [0.1, 0.15) is 6.10 Å². The largest absolute Gasteiger partial charge is 0.504 e. The predicted molar refractivity (Wildman–Crippen MR) is 76.3 cm³/mol. The summed E-state index contributed by atoms with van der Waals surface area (Å²) < 4.78 is 5.38. The summed E-state index contributed by atoms with van der Waals surface area (Å²) in [5.41, 5.74) is 0.831. The number of carbonyl (C=O) groups excluding carboxylic acids is 1. The first-order chi connectivity index (χ1) is 10.0. The molecule has 2 rings (SSSR count). The number of benzene rings is 2. The average Bonchev–Trinajstić information content (AvgIpc) is 2.50. The van der Waals surface area contributed by atoms with Crippen LogP contribution >= 0.6 is 0 Å². The Hall–Kier alpha value is -2.69. The molecule has 0 heterocycles. The fraction of sp³-hybridized carbons (Fsp3) is 0.188. The Kier molecular flexibility index (Phi) is 4.33. The van der Waals surface area contributed by atoms with Crippen LogP contribution < -0.4 is 0 Å². The fourth-order valence-corrected chi connectivity index (χ4v) is 1.97. The summed E-state index contributed by atoms with van der Waals surface area (Å²) >= 11 is 0. The van der Waals surface area contributed by atoms with E-state index in [1.165, 1.54) is 0 Å². The van der Waals surface area contributed by atoms with Crippen molar-refractivity contribution in [1.29, 1.82) is 0 Å². The number of rotatable bonds is 4. The molecule has 110 valence electrons. The van der Waals surface area contributed by atoms with Crippen molar-refractivity contribution in [3.8, 4) is 17.2 Å². The highest BCUT2D eigenvalue weighted by Gasteiger charge is 2.19. The first-order valence-electron chi connectivity index (χ1n) is 6.53. The summed E-state index contributed by atoms with van der Waals surface area (Å²) in [5.74, 6) is -2.50. The number of carbonyl (C=O) groups is 1. The summed E-state index contributed by atoms with van der Waals surface area (Å²) in [4.78, 5) is 12.1. The standard InChI is InChI=1S/C16H16O5/c1-2-14(10-6-4-3-5-7-10)21-16(20)11-8-12(17)15(19)13(18)9-11/h3-9,14,17-19H,2H2,1H3. The number of hydrogen-bond donors (Lipinski definition) is 3. The maximum absolute atomic E-state index is 12.1. The van der Waals surface area contributed by atoms with E-state index in [4.69, 9.17) is 4.74 Å². The van der Waals surface area contributed by atoms with Crippen LogP contribution in [0.1, 0.15) is 35.4 Å². The molecule has 0 saturated carbocycles. The molecule has 1 atom stereocenters. The molecule has 0 saturated heterocycles. The second-order valence-electron chi connectivity index (χ2n) is 4.58. The van der Waals surface area contributed by atoms with Crippen molar-refractivity contribution in [1.82, 2.24) is 0 Å². The van der Waals surface area contributed by atoms with Gasteiger partial charge in [0.2, 0.25) is 0 Å². The molecule has 0 radical (unpaired) electrons. The lowest BCUT2D eigenvalue weighted by Crippen LogP contribution is -2.11. The molecule has 5 nitrogen and oxygen atoms in total. The van der Waals surface area contributed by atoms with Crippen LogP contribution in [-0.4, -0.2) is 21.3 Å². The topological polar surface area (TPSA) is 87.0 Å². The van der Waals surface area contributed by atoms with E-state index >= 15 is 0 Å². The van der Waals surface area contributed by atoms with Gasteiger partial charge in [0.05, 0.1) is 5.56 Å². The minimum absolute atomic E-state index is 0.0304. The second-order valence-corrected chi connectivity index (χ2v) is 4.58. The minimum Gasteiger partial charge on any atom is -0.504 e. The van der Waals surface area contributed by atoms with Crippen LogP contribution in [0.4, 0.5) is 0 Å². The number of phenolic OH excluding ortho intramolecular Hbond substituents is 3. The zero-order valence-electron chi connectivity index (χ0n) is 11.5. The van der Waals surface area contributed by atoms with E-state index in [-0.39, 0.29) is 5.56 Å². The van der Waals surface area contributed by atoms with Gasteiger partial charge >= 0.3 is 5.97 Å². The van der Waals surface area contributed by atoms with Gasteiger partial charge in [-0.05, 0) is 24.1 Å². The van der Waals surface area contributed by atoms with Gasteiger partial charge in [-0.25, -0.2) is 4.79 Å². The summed E-state index contributed by atoms with van der Waals surface area (Å²) in [6, 6.07) is 11.4. The van der Waals surface area contributed by atoms with E-state index in [0.717, 1.165) is 17.7 Å². The molecular weight excluding hydrogens is 272 g/mol. The van der Waals surface area contributed by atoms with Crippen LogP contribution in [0.2, 0.25) is 0 Å². The van der Waals surface area contributed by atoms with E-state index in [9.17, 15) is 20.1 Å². The molecule has 0 aliphatic rings. The highest BCUT2D eigenvalue weighted by atomic mass is 16.5. The van der Waals surface area contributed by atoms with Crippen LogP contribution in [-0.2, 0) is 4.74 Å². The molecule has 2 aromatic carbocycles. The summed E-state index contributed by atoms with van der Waals surface area (Å²) in [6.07, 6.45) is 0.169. The minimum atomic E-state index is -0.684. The third-order valence-electron chi connectivity index (χ3n) is 3.10. The monoisotopic (exact) mass is 288 g/mol. The van der Waals surface area contributed by atoms with E-state index in [2.05, 4.69) is 0 Å². The van der Waals surface area contributed by atoms with Gasteiger partial charge in [-0.3, -0.25) is 0 Å². The van der Waals surface area contributed by atoms with Crippen molar-refractivity contribution in [3.63, 3.8) is 0 Å². The lowest BCUT2D eigenvalue weighted by molar-refractivity contribution is 0.0287. The normalized spacial score (nSPS) is 11.9. The van der Waals surface area contributed by atoms with Crippen molar-refractivity contribution < 1.29 is 24.9 Å². The van der Waals surface area contributed by atoms with Gasteiger partial charge < -0.3 is 20.1 Å². The lowest BCUT2D eigenvalue weighted by atomic mass is 10.1. The molecular formula is C16H16O5. The molecule has 5 heteroatoms. The van der Waals surface area contributed by atoms with E-state index < -0.39 is 29.3 Å². The average molecular weight is 288 g/mol. The van der Waals surface area contributed by atoms with Crippen molar-refractivity contribution in [3.05, 3.63) is 53.6 Å². The zero-order valence-corrected chi connectivity index (χ0v) is 11.5. The Labute approximate surface area is 122 Å². The number of phenols is 3. The predicted octanol–water partition coefficient (Wildman–Crippen LogP) is 3.11. The Balaban J connectivity index is 2.21. The highest BCUT2D eigenvalue weighted by molar-refractivity contribution is 5.91. The van der Waals surface area contributed by atoms with Gasteiger partial charge in [-0.15, -0.1) is 0 Å². The maximum Gasteiger partial charge on any atom is 0.339 e. The van der Waals surface area contributed by atoms with E-state index in [0.29, 0.717) is 6.42 Å². The molecule has 0 bridgehead atoms. The molecule has 0 fully saturated rings. The number of hydrogen-bond acceptors (Lipinski definition) is 5. The Morgan fingerprint density at radius 2 is 1.67 bits per heavy atom. The Morgan fingerprint density at radius 1 is 1.10 bits per heavy atom. The van der Waals surface area contributed by atoms with Gasteiger partial charge in [-0.1, -0.05) is 37.3 Å². The number of esters is 1. The van der Waals surface area contributed by atoms with E-state index in [1.54, 1.807) is 0 Å². The molecule has 0 amide bonds. The first-order valence-corrected chi connectivity index (χ1v) is 6.53. The number of ether oxygens (including phenoxy) is 1. The third kappa shape index (κ3) is 3.25. The van der Waals surface area contributed by atoms with Crippen LogP contribution in [0.15, 0.2) is 42.5 Å². The van der Waals surface area contributed by atoms with Crippen LogP contribution in [0.5, 0.6) is 17.2 Å². The van der Waals surface area contributed by atoms with Crippen molar-refractivity contribution in [2.24, 2.45) is 0 Å². The fourth-order valence-electron chi connectivity index (χ4n) is 1.97. The third-order valence-corrected chi connectivity index (χ3v) is 3.10. The van der Waals surface area contributed by atoms with E-state index in [1.807, 2.05) is 37.3 Å². The summed E-state index contributed by atoms with van der Waals surface area (Å²) in [7, 11) is 0. The van der Waals surface area contributed by atoms with Crippen molar-refractivity contribution >= 4 is 5.97 Å². The van der Waals surface area contributed by atoms with Crippen molar-refractivity contribution in [2.45, 2.75) is 19.4 Å². The summed E-state index contributed by atoms with van der Waals surface area (Å²) in [6.45, 7) is 1.89. The highest BCUT2D eigenvalue weighted by Crippen LogP contribution is 2.36. The molecule has 3 N–H and O–H groups in total. The Morgan fingerprint density at radius 3 is 2.19 bits per heavy atom. The molecule has 0 aromatic heterocycles.